The lowest BCUT2D eigenvalue weighted by Crippen LogP contribution is -2.43. The molecule has 0 bridgehead atoms. The van der Waals surface area contributed by atoms with E-state index >= 15 is 0 Å². The second-order valence-electron chi connectivity index (χ2n) is 7.18. The summed E-state index contributed by atoms with van der Waals surface area (Å²) in [6.07, 6.45) is 3.68. The van der Waals surface area contributed by atoms with Crippen molar-refractivity contribution in [2.24, 2.45) is 0 Å². The van der Waals surface area contributed by atoms with E-state index in [-0.39, 0.29) is 22.4 Å². The normalized spacial score (nSPS) is 19.9. The first-order valence-corrected chi connectivity index (χ1v) is 10.1. The minimum absolute atomic E-state index is 0.0251. The smallest absolute Gasteiger partial charge is 0.251 e. The van der Waals surface area contributed by atoms with Crippen LogP contribution in [0.25, 0.3) is 0 Å². The highest BCUT2D eigenvalue weighted by atomic mass is 32.2. The van der Waals surface area contributed by atoms with Crippen LogP contribution in [0, 0.1) is 0 Å². The van der Waals surface area contributed by atoms with Gasteiger partial charge in [0.05, 0.1) is 4.90 Å². The molecule has 2 rings (SSSR count). The van der Waals surface area contributed by atoms with Gasteiger partial charge in [-0.05, 0) is 64.3 Å². The zero-order valence-corrected chi connectivity index (χ0v) is 15.8. The van der Waals surface area contributed by atoms with Crippen LogP contribution in [0.5, 0.6) is 0 Å². The Morgan fingerprint density at radius 2 is 1.88 bits per heavy atom. The average Bonchev–Trinajstić information content (AvgIpc) is 2.55. The third kappa shape index (κ3) is 4.16. The second-order valence-corrected chi connectivity index (χ2v) is 9.07. The molecule has 1 unspecified atom stereocenters. The van der Waals surface area contributed by atoms with E-state index in [9.17, 15) is 13.2 Å². The van der Waals surface area contributed by atoms with E-state index in [1.165, 1.54) is 12.1 Å². The van der Waals surface area contributed by atoms with Crippen LogP contribution in [0.2, 0.25) is 0 Å². The van der Waals surface area contributed by atoms with Gasteiger partial charge in [0.25, 0.3) is 5.91 Å². The summed E-state index contributed by atoms with van der Waals surface area (Å²) in [5.41, 5.74) is 0.188. The summed E-state index contributed by atoms with van der Waals surface area (Å²) in [5, 5.41) is 2.95. The molecular weight excluding hydrogens is 324 g/mol. The number of nitrogens with one attached hydrogen (secondary N) is 1. The fourth-order valence-electron chi connectivity index (χ4n) is 2.81. The lowest BCUT2D eigenvalue weighted by Gasteiger charge is -2.32. The highest BCUT2D eigenvalue weighted by molar-refractivity contribution is 7.89. The first kappa shape index (κ1) is 18.9. The Kier molecular flexibility index (Phi) is 5.71. The highest BCUT2D eigenvalue weighted by Gasteiger charge is 2.31. The van der Waals surface area contributed by atoms with Gasteiger partial charge >= 0.3 is 0 Å². The fraction of sp³-hybridized carbons (Fsp3) is 0.611. The number of rotatable bonds is 5. The van der Waals surface area contributed by atoms with Crippen LogP contribution in [0.4, 0.5) is 0 Å². The molecule has 6 heteroatoms. The third-order valence-corrected chi connectivity index (χ3v) is 6.83. The molecule has 1 aliphatic heterocycles. The fourth-order valence-corrected chi connectivity index (χ4v) is 4.51. The summed E-state index contributed by atoms with van der Waals surface area (Å²) in [6, 6.07) is 6.26. The number of amides is 1. The molecule has 24 heavy (non-hydrogen) atoms. The molecule has 0 saturated carbocycles. The van der Waals surface area contributed by atoms with E-state index in [1.54, 1.807) is 16.4 Å². The van der Waals surface area contributed by atoms with Crippen molar-refractivity contribution in [2.45, 2.75) is 69.9 Å². The van der Waals surface area contributed by atoms with Gasteiger partial charge in [-0.1, -0.05) is 13.3 Å². The van der Waals surface area contributed by atoms with Crippen LogP contribution >= 0.6 is 0 Å². The summed E-state index contributed by atoms with van der Waals surface area (Å²) >= 11 is 0. The topological polar surface area (TPSA) is 66.5 Å². The molecule has 0 spiro atoms. The molecular formula is C18H28N2O3S. The Hall–Kier alpha value is -1.40. The standard InChI is InChI=1S/C18H28N2O3S/c1-5-18(3,4)19-17(21)15-9-11-16(12-10-15)24(22,23)20-13-7-6-8-14(20)2/h9-12,14H,5-8,13H2,1-4H3,(H,19,21). The molecule has 1 fully saturated rings. The number of sulfonamides is 1. The number of carbonyl (C=O) groups is 1. The van der Waals surface area contributed by atoms with Gasteiger partial charge in [-0.25, -0.2) is 8.42 Å². The maximum atomic E-state index is 12.8. The molecule has 1 saturated heterocycles. The van der Waals surface area contributed by atoms with Gasteiger partial charge in [0.1, 0.15) is 0 Å². The molecule has 1 atom stereocenters. The van der Waals surface area contributed by atoms with Crippen molar-refractivity contribution in [2.75, 3.05) is 6.54 Å². The summed E-state index contributed by atoms with van der Waals surface area (Å²) < 4.78 is 27.1. The van der Waals surface area contributed by atoms with Crippen LogP contribution in [0.1, 0.15) is 63.7 Å². The number of nitrogens with zero attached hydrogens (tertiary/aromatic N) is 1. The number of carbonyl (C=O) groups excluding carboxylic acids is 1. The Balaban J connectivity index is 2.18. The average molecular weight is 353 g/mol. The molecule has 0 aromatic heterocycles. The van der Waals surface area contributed by atoms with Crippen molar-refractivity contribution in [3.05, 3.63) is 29.8 Å². The third-order valence-electron chi connectivity index (χ3n) is 4.80. The van der Waals surface area contributed by atoms with Crippen molar-refractivity contribution < 1.29 is 13.2 Å². The van der Waals surface area contributed by atoms with E-state index < -0.39 is 10.0 Å². The number of hydrogen-bond acceptors (Lipinski definition) is 3. The Bertz CT molecular complexity index is 681. The predicted octanol–water partition coefficient (Wildman–Crippen LogP) is 3.17. The van der Waals surface area contributed by atoms with Gasteiger partial charge in [0.15, 0.2) is 0 Å². The Labute approximate surface area is 145 Å². The maximum Gasteiger partial charge on any atom is 0.251 e. The van der Waals surface area contributed by atoms with Crippen molar-refractivity contribution in [3.63, 3.8) is 0 Å². The molecule has 1 N–H and O–H groups in total. The quantitative estimate of drug-likeness (QED) is 0.885. The monoisotopic (exact) mass is 352 g/mol. The summed E-state index contributed by atoms with van der Waals surface area (Å²) in [6.45, 7) is 8.44. The molecule has 1 amide bonds. The maximum absolute atomic E-state index is 12.8. The first-order valence-electron chi connectivity index (χ1n) is 8.62. The molecule has 5 nitrogen and oxygen atoms in total. The van der Waals surface area contributed by atoms with Crippen LogP contribution in [-0.4, -0.2) is 36.8 Å². The molecule has 1 aliphatic rings. The van der Waals surface area contributed by atoms with Crippen molar-refractivity contribution in [3.8, 4) is 0 Å². The van der Waals surface area contributed by atoms with E-state index in [4.69, 9.17) is 0 Å². The van der Waals surface area contributed by atoms with Crippen molar-refractivity contribution >= 4 is 15.9 Å². The SMILES string of the molecule is CCC(C)(C)NC(=O)c1ccc(S(=O)(=O)N2CCCCC2C)cc1. The molecule has 1 heterocycles. The van der Waals surface area contributed by atoms with Gasteiger partial charge < -0.3 is 5.32 Å². The minimum Gasteiger partial charge on any atom is -0.347 e. The number of hydrogen-bond donors (Lipinski definition) is 1. The van der Waals surface area contributed by atoms with E-state index in [0.717, 1.165) is 25.7 Å². The lowest BCUT2D eigenvalue weighted by molar-refractivity contribution is 0.0911. The van der Waals surface area contributed by atoms with Crippen LogP contribution in [0.15, 0.2) is 29.2 Å². The number of piperidine rings is 1. The zero-order valence-electron chi connectivity index (χ0n) is 15.0. The Morgan fingerprint density at radius 1 is 1.25 bits per heavy atom. The minimum atomic E-state index is -3.49. The molecule has 1 aromatic rings. The van der Waals surface area contributed by atoms with Gasteiger partial charge in [-0.15, -0.1) is 0 Å². The van der Waals surface area contributed by atoms with Crippen LogP contribution in [-0.2, 0) is 10.0 Å². The van der Waals surface area contributed by atoms with Gasteiger partial charge in [0, 0.05) is 23.7 Å². The zero-order chi connectivity index (χ0) is 18.0. The van der Waals surface area contributed by atoms with Crippen LogP contribution < -0.4 is 5.32 Å². The van der Waals surface area contributed by atoms with E-state index in [1.807, 2.05) is 27.7 Å². The Morgan fingerprint density at radius 3 is 2.42 bits per heavy atom. The highest BCUT2D eigenvalue weighted by Crippen LogP contribution is 2.25. The second kappa shape index (κ2) is 7.23. The molecule has 134 valence electrons. The molecule has 1 aromatic carbocycles. The van der Waals surface area contributed by atoms with Gasteiger partial charge in [-0.3, -0.25) is 4.79 Å². The summed E-state index contributed by atoms with van der Waals surface area (Å²) in [4.78, 5) is 12.5. The predicted molar refractivity (Wildman–Crippen MR) is 95.5 cm³/mol. The van der Waals surface area contributed by atoms with Gasteiger partial charge in [-0.2, -0.15) is 4.31 Å². The summed E-state index contributed by atoms with van der Waals surface area (Å²) in [7, 11) is -3.49. The first-order chi connectivity index (χ1) is 11.2. The van der Waals surface area contributed by atoms with Crippen molar-refractivity contribution in [1.82, 2.24) is 9.62 Å². The number of benzene rings is 1. The van der Waals surface area contributed by atoms with Crippen LogP contribution in [0.3, 0.4) is 0 Å². The molecule has 0 aliphatic carbocycles. The van der Waals surface area contributed by atoms with Crippen molar-refractivity contribution in [1.29, 1.82) is 0 Å². The largest absolute Gasteiger partial charge is 0.347 e. The molecule has 0 radical (unpaired) electrons. The van der Waals surface area contributed by atoms with Gasteiger partial charge in [0.2, 0.25) is 10.0 Å². The summed E-state index contributed by atoms with van der Waals surface area (Å²) in [5.74, 6) is -0.183. The van der Waals surface area contributed by atoms with E-state index in [0.29, 0.717) is 12.1 Å². The lowest BCUT2D eigenvalue weighted by atomic mass is 10.0. The van der Waals surface area contributed by atoms with E-state index in [2.05, 4.69) is 5.32 Å².